The standard InChI is InChI=1S/C20H15BN4O5/c1-29-11-3-2-10-8-25(17(26)12(10)6-11)9-20(18(27)23-19(28)24-20)15-7-13-14(30-15)4-5-16(21)22-13/h2-7H,8-9H2,1H3,(H2,23,24,27,28)/t20-/m0/s1. The van der Waals surface area contributed by atoms with Gasteiger partial charge in [0.05, 0.1) is 13.7 Å². The van der Waals surface area contributed by atoms with Crippen LogP contribution in [0.15, 0.2) is 40.8 Å². The molecule has 1 aromatic carbocycles. The van der Waals surface area contributed by atoms with Crippen LogP contribution in [0, 0.1) is 0 Å². The molecule has 0 bridgehead atoms. The van der Waals surface area contributed by atoms with Crippen LogP contribution >= 0.6 is 0 Å². The Labute approximate surface area is 171 Å². The van der Waals surface area contributed by atoms with E-state index in [1.807, 2.05) is 0 Å². The van der Waals surface area contributed by atoms with Gasteiger partial charge in [-0.25, -0.2) is 4.79 Å². The lowest BCUT2D eigenvalue weighted by molar-refractivity contribution is -0.125. The van der Waals surface area contributed by atoms with Gasteiger partial charge in [-0.3, -0.25) is 19.9 Å². The number of amides is 4. The van der Waals surface area contributed by atoms with Gasteiger partial charge in [-0.2, -0.15) is 0 Å². The molecule has 3 aromatic rings. The third-order valence-electron chi connectivity index (χ3n) is 5.38. The van der Waals surface area contributed by atoms with Gasteiger partial charge in [0.2, 0.25) is 0 Å². The molecule has 2 aliphatic rings. The lowest BCUT2D eigenvalue weighted by Gasteiger charge is -2.28. The van der Waals surface area contributed by atoms with Crippen LogP contribution in [-0.4, -0.2) is 49.2 Å². The summed E-state index contributed by atoms with van der Waals surface area (Å²) in [4.78, 5) is 43.6. The van der Waals surface area contributed by atoms with Gasteiger partial charge in [0, 0.05) is 18.2 Å². The van der Waals surface area contributed by atoms with Gasteiger partial charge >= 0.3 is 6.03 Å². The molecular formula is C20H15BN4O5. The number of carbonyl (C=O) groups excluding carboxylic acids is 3. The second-order valence-corrected chi connectivity index (χ2v) is 7.23. The number of rotatable bonds is 4. The molecule has 9 nitrogen and oxygen atoms in total. The van der Waals surface area contributed by atoms with E-state index >= 15 is 0 Å². The van der Waals surface area contributed by atoms with Crippen molar-refractivity contribution in [1.29, 1.82) is 0 Å². The quantitative estimate of drug-likeness (QED) is 0.480. The maximum atomic E-state index is 13.0. The van der Waals surface area contributed by atoms with Crippen molar-refractivity contribution in [2.75, 3.05) is 13.7 Å². The van der Waals surface area contributed by atoms with Crippen molar-refractivity contribution < 1.29 is 23.5 Å². The number of urea groups is 1. The minimum absolute atomic E-state index is 0.115. The molecule has 2 aliphatic heterocycles. The predicted molar refractivity (Wildman–Crippen MR) is 105 cm³/mol. The molecule has 0 aliphatic carbocycles. The molecule has 2 N–H and O–H groups in total. The van der Waals surface area contributed by atoms with Gasteiger partial charge in [0.15, 0.2) is 11.1 Å². The van der Waals surface area contributed by atoms with E-state index in [4.69, 9.17) is 17.0 Å². The Hall–Kier alpha value is -3.82. The van der Waals surface area contributed by atoms with Crippen molar-refractivity contribution in [3.63, 3.8) is 0 Å². The maximum Gasteiger partial charge on any atom is 0.322 e. The van der Waals surface area contributed by atoms with Gasteiger partial charge in [-0.1, -0.05) is 6.07 Å². The van der Waals surface area contributed by atoms with Gasteiger partial charge in [-0.15, -0.1) is 0 Å². The number of pyridine rings is 1. The summed E-state index contributed by atoms with van der Waals surface area (Å²) in [5.74, 6) is -0.150. The highest BCUT2D eigenvalue weighted by atomic mass is 16.5. The number of imide groups is 1. The van der Waals surface area contributed by atoms with E-state index in [1.165, 1.54) is 12.0 Å². The molecular weight excluding hydrogens is 387 g/mol. The van der Waals surface area contributed by atoms with Crippen molar-refractivity contribution in [3.05, 3.63) is 53.3 Å². The summed E-state index contributed by atoms with van der Waals surface area (Å²) in [6, 6.07) is 9.32. The summed E-state index contributed by atoms with van der Waals surface area (Å²) in [6.07, 6.45) is 0. The Kier molecular flexibility index (Phi) is 3.86. The van der Waals surface area contributed by atoms with E-state index in [-0.39, 0.29) is 24.8 Å². The van der Waals surface area contributed by atoms with Crippen LogP contribution < -0.4 is 21.0 Å². The fourth-order valence-electron chi connectivity index (χ4n) is 3.89. The number of methoxy groups -OCH3 is 1. The molecule has 1 saturated heterocycles. The zero-order valence-electron chi connectivity index (χ0n) is 15.9. The van der Waals surface area contributed by atoms with Crippen LogP contribution in [0.4, 0.5) is 4.79 Å². The first kappa shape index (κ1) is 18.2. The number of benzene rings is 1. The molecule has 1 fully saturated rings. The highest BCUT2D eigenvalue weighted by Crippen LogP contribution is 2.34. The van der Waals surface area contributed by atoms with Crippen LogP contribution in [0.3, 0.4) is 0 Å². The highest BCUT2D eigenvalue weighted by molar-refractivity contribution is 6.31. The second-order valence-electron chi connectivity index (χ2n) is 7.23. The zero-order valence-corrected chi connectivity index (χ0v) is 15.9. The third kappa shape index (κ3) is 2.64. The van der Waals surface area contributed by atoms with Gasteiger partial charge in [-0.05, 0) is 35.4 Å². The molecule has 0 spiro atoms. The van der Waals surface area contributed by atoms with Gasteiger partial charge in [0.1, 0.15) is 24.9 Å². The maximum absolute atomic E-state index is 13.0. The van der Waals surface area contributed by atoms with Crippen molar-refractivity contribution in [2.45, 2.75) is 12.1 Å². The predicted octanol–water partition coefficient (Wildman–Crippen LogP) is 0.321. The van der Waals surface area contributed by atoms with Crippen LogP contribution in [-0.2, 0) is 16.9 Å². The molecule has 0 saturated carbocycles. The monoisotopic (exact) mass is 402 g/mol. The number of nitrogens with zero attached hydrogens (tertiary/aromatic N) is 2. The summed E-state index contributed by atoms with van der Waals surface area (Å²) in [5.41, 5.74) is 0.859. The molecule has 4 amide bonds. The van der Waals surface area contributed by atoms with E-state index in [1.54, 1.807) is 36.4 Å². The molecule has 4 heterocycles. The summed E-state index contributed by atoms with van der Waals surface area (Å²) in [6.45, 7) is 0.171. The number of carbonyl (C=O) groups is 3. The van der Waals surface area contributed by atoms with Gasteiger partial charge in [0.25, 0.3) is 11.8 Å². The van der Waals surface area contributed by atoms with Crippen LogP contribution in [0.25, 0.3) is 11.1 Å². The molecule has 10 heteroatoms. The largest absolute Gasteiger partial charge is 0.497 e. The average molecular weight is 402 g/mol. The smallest absolute Gasteiger partial charge is 0.322 e. The fraction of sp³-hybridized carbons (Fsp3) is 0.200. The first-order valence-corrected chi connectivity index (χ1v) is 9.16. The van der Waals surface area contributed by atoms with Crippen molar-refractivity contribution >= 4 is 42.4 Å². The third-order valence-corrected chi connectivity index (χ3v) is 5.38. The Morgan fingerprint density at radius 1 is 1.23 bits per heavy atom. The minimum Gasteiger partial charge on any atom is -0.497 e. The van der Waals surface area contributed by atoms with Gasteiger partial charge < -0.3 is 19.4 Å². The average Bonchev–Trinajstić information content (AvgIpc) is 3.36. The van der Waals surface area contributed by atoms with E-state index in [9.17, 15) is 14.4 Å². The van der Waals surface area contributed by atoms with Crippen LogP contribution in [0.2, 0.25) is 0 Å². The molecule has 2 radical (unpaired) electrons. The number of aromatic nitrogens is 1. The van der Waals surface area contributed by atoms with E-state index in [0.29, 0.717) is 28.0 Å². The number of hydrogen-bond acceptors (Lipinski definition) is 6. The van der Waals surface area contributed by atoms with Crippen LogP contribution in [0.1, 0.15) is 21.7 Å². The summed E-state index contributed by atoms with van der Waals surface area (Å²) >= 11 is 0. The Morgan fingerprint density at radius 2 is 2.07 bits per heavy atom. The normalized spacial score (nSPS) is 20.4. The topological polar surface area (TPSA) is 114 Å². The number of ether oxygens (including phenoxy) is 1. The Bertz CT molecular complexity index is 1240. The molecule has 2 aromatic heterocycles. The lowest BCUT2D eigenvalue weighted by Crippen LogP contribution is -2.52. The number of fused-ring (bicyclic) bond motifs is 2. The molecule has 148 valence electrons. The first-order valence-electron chi connectivity index (χ1n) is 9.16. The fourth-order valence-corrected chi connectivity index (χ4v) is 3.89. The van der Waals surface area contributed by atoms with Crippen LogP contribution in [0.5, 0.6) is 5.75 Å². The molecule has 0 unspecified atom stereocenters. The second kappa shape index (κ2) is 6.34. The van der Waals surface area contributed by atoms with Crippen molar-refractivity contribution in [1.82, 2.24) is 20.5 Å². The summed E-state index contributed by atoms with van der Waals surface area (Å²) < 4.78 is 11.0. The summed E-state index contributed by atoms with van der Waals surface area (Å²) in [5, 5.41) is 4.87. The van der Waals surface area contributed by atoms with Crippen molar-refractivity contribution in [3.8, 4) is 5.75 Å². The Balaban J connectivity index is 1.55. The minimum atomic E-state index is -1.59. The van der Waals surface area contributed by atoms with Crippen molar-refractivity contribution in [2.24, 2.45) is 0 Å². The van der Waals surface area contributed by atoms with E-state index < -0.39 is 17.5 Å². The molecule has 5 rings (SSSR count). The molecule has 30 heavy (non-hydrogen) atoms. The number of furan rings is 1. The first-order chi connectivity index (χ1) is 14.4. The highest BCUT2D eigenvalue weighted by Gasteiger charge is 2.53. The van der Waals surface area contributed by atoms with E-state index in [2.05, 4.69) is 15.6 Å². The number of hydrogen-bond donors (Lipinski definition) is 2. The zero-order chi connectivity index (χ0) is 21.0. The lowest BCUT2D eigenvalue weighted by atomic mass is 9.95. The number of nitrogens with one attached hydrogen (secondary N) is 2. The van der Waals surface area contributed by atoms with E-state index in [0.717, 1.165) is 5.56 Å². The molecule has 1 atom stereocenters. The Morgan fingerprint density at radius 3 is 2.80 bits per heavy atom. The summed E-state index contributed by atoms with van der Waals surface area (Å²) in [7, 11) is 7.25. The SMILES string of the molecule is [B]c1ccc2oc([C@]3(CN4Cc5ccc(OC)cc5C4=O)NC(=O)NC3=O)cc2n1.